The van der Waals surface area contributed by atoms with Gasteiger partial charge in [0.15, 0.2) is 5.65 Å². The molecule has 0 aliphatic heterocycles. The first kappa shape index (κ1) is 12.0. The molecule has 0 spiro atoms. The molecule has 0 saturated carbocycles. The van der Waals surface area contributed by atoms with Crippen molar-refractivity contribution in [1.82, 2.24) is 14.6 Å². The van der Waals surface area contributed by atoms with Gasteiger partial charge >= 0.3 is 0 Å². The van der Waals surface area contributed by atoms with Gasteiger partial charge in [-0.15, -0.1) is 10.2 Å². The zero-order valence-electron chi connectivity index (χ0n) is 10.4. The van der Waals surface area contributed by atoms with E-state index in [1.165, 1.54) is 0 Å². The standard InChI is InChI=1S/C12H18N4O/c1-12(2,3)11-15-14-10-6-8(9(17)7-13)4-5-16(10)11/h4-6,9,17H,7,13H2,1-3H3. The molecule has 0 amide bonds. The van der Waals surface area contributed by atoms with Gasteiger partial charge in [0.1, 0.15) is 5.82 Å². The molecule has 1 atom stereocenters. The smallest absolute Gasteiger partial charge is 0.161 e. The Hall–Kier alpha value is -1.46. The summed E-state index contributed by atoms with van der Waals surface area (Å²) in [6.07, 6.45) is 1.24. The Morgan fingerprint density at radius 1 is 1.41 bits per heavy atom. The van der Waals surface area contributed by atoms with Gasteiger partial charge in [-0.3, -0.25) is 4.40 Å². The van der Waals surface area contributed by atoms with E-state index < -0.39 is 6.10 Å². The monoisotopic (exact) mass is 234 g/mol. The summed E-state index contributed by atoms with van der Waals surface area (Å²) >= 11 is 0. The van der Waals surface area contributed by atoms with Crippen molar-refractivity contribution in [2.24, 2.45) is 5.73 Å². The van der Waals surface area contributed by atoms with Gasteiger partial charge in [0, 0.05) is 18.2 Å². The molecular formula is C12H18N4O. The molecule has 0 aliphatic carbocycles. The largest absolute Gasteiger partial charge is 0.387 e. The number of pyridine rings is 1. The third kappa shape index (κ3) is 2.16. The van der Waals surface area contributed by atoms with Crippen molar-refractivity contribution in [2.75, 3.05) is 6.54 Å². The van der Waals surface area contributed by atoms with Crippen LogP contribution in [-0.4, -0.2) is 26.2 Å². The lowest BCUT2D eigenvalue weighted by Gasteiger charge is -2.16. The van der Waals surface area contributed by atoms with Crippen LogP contribution in [0, 0.1) is 0 Å². The second-order valence-corrected chi connectivity index (χ2v) is 5.21. The third-order valence-corrected chi connectivity index (χ3v) is 2.71. The topological polar surface area (TPSA) is 76.4 Å². The Labute approximate surface area is 100 Å². The molecule has 0 saturated heterocycles. The molecule has 0 fully saturated rings. The first-order valence-electron chi connectivity index (χ1n) is 5.67. The minimum atomic E-state index is -0.644. The van der Waals surface area contributed by atoms with E-state index in [2.05, 4.69) is 31.0 Å². The molecule has 2 heterocycles. The van der Waals surface area contributed by atoms with Crippen LogP contribution < -0.4 is 5.73 Å². The van der Waals surface area contributed by atoms with Crippen molar-refractivity contribution in [3.63, 3.8) is 0 Å². The summed E-state index contributed by atoms with van der Waals surface area (Å²) in [5, 5.41) is 18.0. The van der Waals surface area contributed by atoms with E-state index in [1.54, 1.807) is 0 Å². The van der Waals surface area contributed by atoms with Crippen LogP contribution in [0.15, 0.2) is 18.3 Å². The van der Waals surface area contributed by atoms with Gasteiger partial charge in [-0.25, -0.2) is 0 Å². The number of aromatic nitrogens is 3. The lowest BCUT2D eigenvalue weighted by atomic mass is 9.96. The molecule has 0 radical (unpaired) electrons. The van der Waals surface area contributed by atoms with Gasteiger partial charge in [0.25, 0.3) is 0 Å². The van der Waals surface area contributed by atoms with Gasteiger partial charge < -0.3 is 10.8 Å². The summed E-state index contributed by atoms with van der Waals surface area (Å²) in [4.78, 5) is 0. The molecular weight excluding hydrogens is 216 g/mol. The second-order valence-electron chi connectivity index (χ2n) is 5.21. The van der Waals surface area contributed by atoms with E-state index in [9.17, 15) is 5.11 Å². The predicted molar refractivity (Wildman–Crippen MR) is 65.7 cm³/mol. The quantitative estimate of drug-likeness (QED) is 0.813. The van der Waals surface area contributed by atoms with E-state index >= 15 is 0 Å². The fourth-order valence-corrected chi connectivity index (χ4v) is 1.76. The van der Waals surface area contributed by atoms with Crippen molar-refractivity contribution < 1.29 is 5.11 Å². The Morgan fingerprint density at radius 2 is 2.12 bits per heavy atom. The lowest BCUT2D eigenvalue weighted by Crippen LogP contribution is -2.16. The fraction of sp³-hybridized carbons (Fsp3) is 0.500. The van der Waals surface area contributed by atoms with Crippen LogP contribution in [0.2, 0.25) is 0 Å². The molecule has 0 aliphatic rings. The van der Waals surface area contributed by atoms with Crippen LogP contribution in [0.25, 0.3) is 5.65 Å². The number of rotatable bonds is 2. The summed E-state index contributed by atoms with van der Waals surface area (Å²) < 4.78 is 1.94. The first-order chi connectivity index (χ1) is 7.93. The maximum atomic E-state index is 9.67. The van der Waals surface area contributed by atoms with Gasteiger partial charge in [0.05, 0.1) is 6.10 Å². The van der Waals surface area contributed by atoms with E-state index in [0.29, 0.717) is 0 Å². The van der Waals surface area contributed by atoms with Crippen LogP contribution in [-0.2, 0) is 5.41 Å². The van der Waals surface area contributed by atoms with Crippen molar-refractivity contribution in [3.05, 3.63) is 29.7 Å². The predicted octanol–water partition coefficient (Wildman–Crippen LogP) is 1.02. The summed E-state index contributed by atoms with van der Waals surface area (Å²) in [5.41, 5.74) is 6.87. The van der Waals surface area contributed by atoms with Crippen LogP contribution >= 0.6 is 0 Å². The molecule has 0 aromatic carbocycles. The number of fused-ring (bicyclic) bond motifs is 1. The summed E-state index contributed by atoms with van der Waals surface area (Å²) in [6.45, 7) is 6.47. The van der Waals surface area contributed by atoms with Crippen molar-refractivity contribution >= 4 is 5.65 Å². The maximum Gasteiger partial charge on any atom is 0.161 e. The molecule has 1 unspecified atom stereocenters. The van der Waals surface area contributed by atoms with Crippen LogP contribution in [0.3, 0.4) is 0 Å². The summed E-state index contributed by atoms with van der Waals surface area (Å²) in [5.74, 6) is 0.904. The Kier molecular flexibility index (Phi) is 2.89. The van der Waals surface area contributed by atoms with Crippen LogP contribution in [0.4, 0.5) is 0 Å². The Bertz CT molecular complexity index is 527. The van der Waals surface area contributed by atoms with Crippen molar-refractivity contribution in [2.45, 2.75) is 32.3 Å². The number of aliphatic hydroxyl groups is 1. The third-order valence-electron chi connectivity index (χ3n) is 2.71. The molecule has 2 aromatic heterocycles. The lowest BCUT2D eigenvalue weighted by molar-refractivity contribution is 0.186. The SMILES string of the molecule is CC(C)(C)c1nnc2cc(C(O)CN)ccn12. The summed E-state index contributed by atoms with van der Waals surface area (Å²) in [7, 11) is 0. The zero-order valence-corrected chi connectivity index (χ0v) is 10.4. The average molecular weight is 234 g/mol. The van der Waals surface area contributed by atoms with E-state index in [0.717, 1.165) is 17.0 Å². The van der Waals surface area contributed by atoms with E-state index in [1.807, 2.05) is 22.7 Å². The highest BCUT2D eigenvalue weighted by atomic mass is 16.3. The molecule has 2 aromatic rings. The maximum absolute atomic E-state index is 9.67. The highest BCUT2D eigenvalue weighted by Crippen LogP contribution is 2.22. The number of aliphatic hydroxyl groups excluding tert-OH is 1. The summed E-state index contributed by atoms with van der Waals surface area (Å²) in [6, 6.07) is 3.67. The highest BCUT2D eigenvalue weighted by Gasteiger charge is 2.21. The van der Waals surface area contributed by atoms with Gasteiger partial charge in [-0.2, -0.15) is 0 Å². The second kappa shape index (κ2) is 4.09. The zero-order chi connectivity index (χ0) is 12.6. The van der Waals surface area contributed by atoms with Crippen molar-refractivity contribution in [3.8, 4) is 0 Å². The van der Waals surface area contributed by atoms with E-state index in [4.69, 9.17) is 5.73 Å². The molecule has 0 bridgehead atoms. The van der Waals surface area contributed by atoms with Gasteiger partial charge in [0.2, 0.25) is 0 Å². The van der Waals surface area contributed by atoms with Crippen LogP contribution in [0.1, 0.15) is 38.3 Å². The number of nitrogens with two attached hydrogens (primary N) is 1. The van der Waals surface area contributed by atoms with Crippen molar-refractivity contribution in [1.29, 1.82) is 0 Å². The highest BCUT2D eigenvalue weighted by molar-refractivity contribution is 5.42. The molecule has 17 heavy (non-hydrogen) atoms. The van der Waals surface area contributed by atoms with Gasteiger partial charge in [-0.1, -0.05) is 20.8 Å². The Morgan fingerprint density at radius 3 is 2.71 bits per heavy atom. The van der Waals surface area contributed by atoms with Crippen LogP contribution in [0.5, 0.6) is 0 Å². The molecule has 2 rings (SSSR count). The normalized spacial score (nSPS) is 14.2. The molecule has 3 N–H and O–H groups in total. The van der Waals surface area contributed by atoms with E-state index in [-0.39, 0.29) is 12.0 Å². The average Bonchev–Trinajstić information content (AvgIpc) is 2.70. The molecule has 5 heteroatoms. The number of nitrogens with zero attached hydrogens (tertiary/aromatic N) is 3. The first-order valence-corrected chi connectivity index (χ1v) is 5.67. The number of hydrogen-bond donors (Lipinski definition) is 2. The number of hydrogen-bond acceptors (Lipinski definition) is 4. The minimum absolute atomic E-state index is 0.0621. The van der Waals surface area contributed by atoms with Gasteiger partial charge in [-0.05, 0) is 17.7 Å². The minimum Gasteiger partial charge on any atom is -0.387 e. The fourth-order valence-electron chi connectivity index (χ4n) is 1.76. The molecule has 92 valence electrons. The molecule has 5 nitrogen and oxygen atoms in total. The Balaban J connectivity index is 2.52.